The number of likely N-dealkylation sites (tertiary alicyclic amines) is 1. The Bertz CT molecular complexity index is 508. The van der Waals surface area contributed by atoms with Crippen molar-refractivity contribution in [3.05, 3.63) is 5.21 Å². The van der Waals surface area contributed by atoms with Gasteiger partial charge in [-0.1, -0.05) is 0 Å². The largest absolute Gasteiger partial charge is 0.600 e. The minimum Gasteiger partial charge on any atom is -0.600 e. The second-order valence-electron chi connectivity index (χ2n) is 9.90. The monoisotopic (exact) mass is 413 g/mol. The van der Waals surface area contributed by atoms with Gasteiger partial charge >= 0.3 is 0 Å². The molecule has 4 rings (SSSR count). The lowest BCUT2D eigenvalue weighted by atomic mass is 9.86. The number of rotatable bonds is 6. The van der Waals surface area contributed by atoms with Crippen LogP contribution in [-0.4, -0.2) is 79.4 Å². The molecule has 9 heteroatoms. The number of hydroxylamine groups is 3. The Balaban J connectivity index is 1.24. The quantitative estimate of drug-likeness (QED) is 0.335. The second-order valence-corrected chi connectivity index (χ2v) is 9.90. The second kappa shape index (κ2) is 9.84. The van der Waals surface area contributed by atoms with Crippen LogP contribution < -0.4 is 21.3 Å². The van der Waals surface area contributed by atoms with Gasteiger partial charge in [0.2, 0.25) is 0 Å². The Morgan fingerprint density at radius 1 is 1.17 bits per heavy atom. The van der Waals surface area contributed by atoms with Gasteiger partial charge in [-0.3, -0.25) is 20.0 Å². The molecule has 0 radical (unpaired) electrons. The van der Waals surface area contributed by atoms with Gasteiger partial charge in [0, 0.05) is 31.7 Å². The lowest BCUT2D eigenvalue weighted by Crippen LogP contribution is -3.09. The van der Waals surface area contributed by atoms with Gasteiger partial charge in [-0.15, -0.1) is 0 Å². The highest BCUT2D eigenvalue weighted by atomic mass is 16.8. The van der Waals surface area contributed by atoms with E-state index in [1.807, 2.05) is 0 Å². The minimum absolute atomic E-state index is 0.0597. The Morgan fingerprint density at radius 2 is 1.97 bits per heavy atom. The molecule has 168 valence electrons. The van der Waals surface area contributed by atoms with Gasteiger partial charge in [-0.05, 0) is 58.7 Å². The van der Waals surface area contributed by atoms with E-state index in [0.717, 1.165) is 45.3 Å². The van der Waals surface area contributed by atoms with Crippen molar-refractivity contribution in [1.82, 2.24) is 20.6 Å². The fourth-order valence-corrected chi connectivity index (χ4v) is 5.88. The fraction of sp³-hybridized carbons (Fsp3) is 1.00. The van der Waals surface area contributed by atoms with E-state index in [1.54, 1.807) is 0 Å². The van der Waals surface area contributed by atoms with Crippen molar-refractivity contribution in [3.63, 3.8) is 0 Å². The number of nitrogens with one attached hydrogen (secondary N) is 3. The Morgan fingerprint density at radius 3 is 2.62 bits per heavy atom. The average molecular weight is 414 g/mol. The van der Waals surface area contributed by atoms with Crippen molar-refractivity contribution in [2.75, 3.05) is 33.7 Å². The first-order chi connectivity index (χ1) is 14.0. The summed E-state index contributed by atoms with van der Waals surface area (Å²) < 4.78 is 0. The number of hydrogen-bond acceptors (Lipinski definition) is 7. The summed E-state index contributed by atoms with van der Waals surface area (Å²) in [5.41, 5.74) is 3.30. The summed E-state index contributed by atoms with van der Waals surface area (Å²) in [5, 5.41) is 26.0. The lowest BCUT2D eigenvalue weighted by Gasteiger charge is -2.36. The van der Waals surface area contributed by atoms with Crippen LogP contribution in [0.1, 0.15) is 51.4 Å². The maximum absolute atomic E-state index is 11.2. The average Bonchev–Trinajstić information content (AvgIpc) is 3.38. The third-order valence-corrected chi connectivity index (χ3v) is 7.80. The van der Waals surface area contributed by atoms with E-state index in [2.05, 4.69) is 40.0 Å². The minimum atomic E-state index is -0.611. The molecule has 0 spiro atoms. The zero-order valence-electron chi connectivity index (χ0n) is 18.1. The third-order valence-electron chi connectivity index (χ3n) is 7.80. The van der Waals surface area contributed by atoms with Crippen LogP contribution >= 0.6 is 0 Å². The topological polar surface area (TPSA) is 104 Å². The molecular weight excluding hydrogens is 372 g/mol. The normalized spacial score (nSPS) is 43.1. The van der Waals surface area contributed by atoms with Crippen LogP contribution in [0.25, 0.3) is 0 Å². The van der Waals surface area contributed by atoms with E-state index in [0.29, 0.717) is 24.0 Å². The summed E-state index contributed by atoms with van der Waals surface area (Å²) in [6, 6.07) is 0.302. The molecule has 9 nitrogen and oxygen atoms in total. The summed E-state index contributed by atoms with van der Waals surface area (Å²) in [4.78, 5) is 11.0. The summed E-state index contributed by atoms with van der Waals surface area (Å²) in [5.74, 6) is 1.23. The highest BCUT2D eigenvalue weighted by Crippen LogP contribution is 2.29. The summed E-state index contributed by atoms with van der Waals surface area (Å²) in [7, 11) is 4.32. The molecule has 6 atom stereocenters. The molecule has 0 bridgehead atoms. The first kappa shape index (κ1) is 21.9. The van der Waals surface area contributed by atoms with Crippen LogP contribution in [0.3, 0.4) is 0 Å². The summed E-state index contributed by atoms with van der Waals surface area (Å²) in [6.07, 6.45) is 9.52. The standard InChI is InChI=1S/C20H40N6O3/c1-24(2)18-10-7-15(12-21-18)19-22-20(29-23-19)17-4-3-11-25(17)13-14-5-8-16(9-6-14)26(27)28/h14-23,26-27H,3-13H2,1-2H3/p+1/t14?,15?,16?,17-,18?,19?,20?/m1/s1. The Kier molecular flexibility index (Phi) is 7.42. The first-order valence-electron chi connectivity index (χ1n) is 11.6. The van der Waals surface area contributed by atoms with E-state index in [9.17, 15) is 10.4 Å². The molecule has 0 amide bonds. The zero-order chi connectivity index (χ0) is 20.4. The highest BCUT2D eigenvalue weighted by Gasteiger charge is 2.42. The number of hydrogen-bond donors (Lipinski definition) is 5. The Labute approximate surface area is 174 Å². The Hall–Kier alpha value is -0.360. The predicted octanol–water partition coefficient (Wildman–Crippen LogP) is -1.58. The van der Waals surface area contributed by atoms with Crippen molar-refractivity contribution in [2.24, 2.45) is 11.8 Å². The predicted molar refractivity (Wildman–Crippen MR) is 108 cm³/mol. The molecule has 4 aliphatic rings. The van der Waals surface area contributed by atoms with Crippen molar-refractivity contribution >= 4 is 0 Å². The molecule has 5 unspecified atom stereocenters. The van der Waals surface area contributed by atoms with Crippen LogP contribution in [0.4, 0.5) is 0 Å². The maximum atomic E-state index is 11.2. The smallest absolute Gasteiger partial charge is 0.146 e. The molecule has 0 aromatic heterocycles. The molecule has 6 N–H and O–H groups in total. The van der Waals surface area contributed by atoms with Crippen LogP contribution in [-0.2, 0) is 4.84 Å². The summed E-state index contributed by atoms with van der Waals surface area (Å²) in [6.45, 7) is 3.35. The molecule has 0 aromatic rings. The van der Waals surface area contributed by atoms with E-state index in [-0.39, 0.29) is 18.4 Å². The van der Waals surface area contributed by atoms with Gasteiger partial charge in [0.15, 0.2) is 0 Å². The molecule has 3 saturated heterocycles. The van der Waals surface area contributed by atoms with E-state index >= 15 is 0 Å². The molecule has 1 aliphatic carbocycles. The van der Waals surface area contributed by atoms with E-state index in [4.69, 9.17) is 4.84 Å². The molecule has 29 heavy (non-hydrogen) atoms. The molecule has 3 aliphatic heterocycles. The van der Waals surface area contributed by atoms with Gasteiger partial charge < -0.3 is 10.5 Å². The zero-order valence-corrected chi connectivity index (χ0v) is 18.1. The van der Waals surface area contributed by atoms with Crippen LogP contribution in [0, 0.1) is 17.0 Å². The number of quaternary nitrogens is 2. The van der Waals surface area contributed by atoms with Gasteiger partial charge in [0.25, 0.3) is 0 Å². The van der Waals surface area contributed by atoms with Crippen molar-refractivity contribution < 1.29 is 20.6 Å². The molecule has 3 heterocycles. The van der Waals surface area contributed by atoms with E-state index in [1.165, 1.54) is 25.7 Å². The first-order valence-corrected chi connectivity index (χ1v) is 11.6. The SMILES string of the molecule is CN(C)C1CCC(C2NOC([C@H]3CCCN3CC3CCC([NH+]([O-])O)CC3)N2)C[NH2+]1. The van der Waals surface area contributed by atoms with Crippen LogP contribution in [0.5, 0.6) is 0 Å². The van der Waals surface area contributed by atoms with Gasteiger partial charge in [-0.25, -0.2) is 10.4 Å². The maximum Gasteiger partial charge on any atom is 0.146 e. The van der Waals surface area contributed by atoms with Crippen molar-refractivity contribution in [1.29, 1.82) is 0 Å². The number of nitrogens with two attached hydrogens (primary N) is 1. The summed E-state index contributed by atoms with van der Waals surface area (Å²) >= 11 is 0. The fourth-order valence-electron chi connectivity index (χ4n) is 5.88. The molecular formula is C20H41N6O3+. The van der Waals surface area contributed by atoms with E-state index < -0.39 is 5.23 Å². The van der Waals surface area contributed by atoms with Crippen LogP contribution in [0.15, 0.2) is 0 Å². The highest BCUT2D eigenvalue weighted by molar-refractivity contribution is 4.91. The third kappa shape index (κ3) is 5.28. The van der Waals surface area contributed by atoms with Gasteiger partial charge in [0.1, 0.15) is 18.4 Å². The molecule has 0 aromatic carbocycles. The number of nitrogens with zero attached hydrogens (tertiary/aromatic N) is 2. The van der Waals surface area contributed by atoms with Gasteiger partial charge in [-0.2, -0.15) is 5.48 Å². The number of piperidine rings is 1. The van der Waals surface area contributed by atoms with Crippen molar-refractivity contribution in [3.8, 4) is 0 Å². The molecule has 1 saturated carbocycles. The van der Waals surface area contributed by atoms with Crippen LogP contribution in [0.2, 0.25) is 0 Å². The van der Waals surface area contributed by atoms with Gasteiger partial charge in [0.05, 0.1) is 18.8 Å². The van der Waals surface area contributed by atoms with Crippen molar-refractivity contribution in [2.45, 2.75) is 82.0 Å². The molecule has 4 fully saturated rings. The lowest BCUT2D eigenvalue weighted by molar-refractivity contribution is -1.07.